The van der Waals surface area contributed by atoms with E-state index in [9.17, 15) is 4.79 Å². The smallest absolute Gasteiger partial charge is 0.224 e. The topological polar surface area (TPSA) is 73.3 Å². The van der Waals surface area contributed by atoms with E-state index in [1.807, 2.05) is 24.3 Å². The number of rotatable bonds is 8. The van der Waals surface area contributed by atoms with E-state index in [1.54, 1.807) is 50.1 Å². The highest BCUT2D eigenvalue weighted by atomic mass is 16.5. The molecule has 3 aromatic rings. The molecule has 0 bridgehead atoms. The minimum absolute atomic E-state index is 0.0600. The zero-order chi connectivity index (χ0) is 18.9. The van der Waals surface area contributed by atoms with E-state index in [2.05, 4.69) is 15.3 Å². The molecule has 2 heterocycles. The van der Waals surface area contributed by atoms with Gasteiger partial charge in [0, 0.05) is 48.5 Å². The molecule has 0 aliphatic heterocycles. The Morgan fingerprint density at radius 2 is 1.85 bits per heavy atom. The van der Waals surface area contributed by atoms with Crippen LogP contribution in [0.3, 0.4) is 0 Å². The van der Waals surface area contributed by atoms with Gasteiger partial charge in [0.25, 0.3) is 0 Å². The van der Waals surface area contributed by atoms with Crippen LogP contribution in [0.15, 0.2) is 67.3 Å². The average Bonchev–Trinajstić information content (AvgIpc) is 2.72. The molecular formula is C21H21N3O3. The molecule has 0 atom stereocenters. The van der Waals surface area contributed by atoms with E-state index >= 15 is 0 Å². The summed E-state index contributed by atoms with van der Waals surface area (Å²) in [5.74, 6) is 1.11. The molecule has 6 nitrogen and oxygen atoms in total. The molecule has 0 saturated heterocycles. The number of carbonyl (C=O) groups is 1. The van der Waals surface area contributed by atoms with Crippen LogP contribution in [0.1, 0.15) is 17.5 Å². The third kappa shape index (κ3) is 5.54. The molecule has 0 spiro atoms. The van der Waals surface area contributed by atoms with Gasteiger partial charge in [0.05, 0.1) is 7.11 Å². The van der Waals surface area contributed by atoms with Crippen LogP contribution in [-0.2, 0) is 17.8 Å². The summed E-state index contributed by atoms with van der Waals surface area (Å²) in [7, 11) is 1.58. The molecule has 0 unspecified atom stereocenters. The standard InChI is InChI=1S/C21H21N3O3/c1-26-19-6-5-18(13-20(19)27-15-17-3-2-10-23-14-17)24-21(25)7-4-16-8-11-22-12-9-16/h2-3,5-6,8-14H,4,7,15H2,1H3,(H,24,25). The van der Waals surface area contributed by atoms with Gasteiger partial charge in [-0.3, -0.25) is 14.8 Å². The van der Waals surface area contributed by atoms with Crippen LogP contribution in [0.25, 0.3) is 0 Å². The molecule has 0 radical (unpaired) electrons. The molecule has 0 aliphatic rings. The summed E-state index contributed by atoms with van der Waals surface area (Å²) in [6, 6.07) is 12.9. The third-order valence-corrected chi connectivity index (χ3v) is 3.95. The first-order chi connectivity index (χ1) is 13.2. The molecule has 1 aromatic carbocycles. The Morgan fingerprint density at radius 1 is 1.00 bits per heavy atom. The summed E-state index contributed by atoms with van der Waals surface area (Å²) in [4.78, 5) is 20.3. The van der Waals surface area contributed by atoms with Crippen LogP contribution in [0.2, 0.25) is 0 Å². The van der Waals surface area contributed by atoms with Crippen molar-refractivity contribution < 1.29 is 14.3 Å². The number of benzene rings is 1. The normalized spacial score (nSPS) is 10.3. The van der Waals surface area contributed by atoms with E-state index in [0.717, 1.165) is 11.1 Å². The first kappa shape index (κ1) is 18.4. The second-order valence-corrected chi connectivity index (χ2v) is 5.92. The highest BCUT2D eigenvalue weighted by Crippen LogP contribution is 2.31. The van der Waals surface area contributed by atoms with E-state index in [1.165, 1.54) is 0 Å². The summed E-state index contributed by atoms with van der Waals surface area (Å²) < 4.78 is 11.2. The number of anilines is 1. The fraction of sp³-hybridized carbons (Fsp3) is 0.190. The van der Waals surface area contributed by atoms with Gasteiger partial charge in [-0.2, -0.15) is 0 Å². The molecule has 6 heteroatoms. The molecule has 1 N–H and O–H groups in total. The Balaban J connectivity index is 1.61. The quantitative estimate of drug-likeness (QED) is 0.661. The fourth-order valence-corrected chi connectivity index (χ4v) is 2.54. The van der Waals surface area contributed by atoms with Crippen LogP contribution in [-0.4, -0.2) is 23.0 Å². The van der Waals surface area contributed by atoms with Crippen molar-refractivity contribution in [2.75, 3.05) is 12.4 Å². The minimum Gasteiger partial charge on any atom is -0.493 e. The van der Waals surface area contributed by atoms with Crippen molar-refractivity contribution in [3.05, 3.63) is 78.4 Å². The summed E-state index contributed by atoms with van der Waals surface area (Å²) in [6.07, 6.45) is 7.96. The summed E-state index contributed by atoms with van der Waals surface area (Å²) in [6.45, 7) is 0.365. The van der Waals surface area contributed by atoms with Crippen molar-refractivity contribution in [2.24, 2.45) is 0 Å². The summed E-state index contributed by atoms with van der Waals surface area (Å²) in [5, 5.41) is 2.90. The van der Waals surface area contributed by atoms with Crippen molar-refractivity contribution >= 4 is 11.6 Å². The first-order valence-electron chi connectivity index (χ1n) is 8.63. The SMILES string of the molecule is COc1ccc(NC(=O)CCc2ccncc2)cc1OCc1cccnc1. The molecular weight excluding hydrogens is 342 g/mol. The van der Waals surface area contributed by atoms with Gasteiger partial charge < -0.3 is 14.8 Å². The van der Waals surface area contributed by atoms with Gasteiger partial charge in [-0.25, -0.2) is 0 Å². The number of methoxy groups -OCH3 is 1. The van der Waals surface area contributed by atoms with Gasteiger partial charge in [0.1, 0.15) is 6.61 Å². The van der Waals surface area contributed by atoms with Gasteiger partial charge in [0.15, 0.2) is 11.5 Å². The Kier molecular flexibility index (Phi) is 6.35. The first-order valence-corrected chi connectivity index (χ1v) is 8.63. The molecule has 2 aromatic heterocycles. The van der Waals surface area contributed by atoms with Crippen LogP contribution < -0.4 is 14.8 Å². The molecule has 0 fully saturated rings. The van der Waals surface area contributed by atoms with Gasteiger partial charge in [-0.15, -0.1) is 0 Å². The van der Waals surface area contributed by atoms with Crippen LogP contribution >= 0.6 is 0 Å². The number of hydrogen-bond donors (Lipinski definition) is 1. The molecule has 138 valence electrons. The number of ether oxygens (including phenoxy) is 2. The Morgan fingerprint density at radius 3 is 2.59 bits per heavy atom. The highest BCUT2D eigenvalue weighted by Gasteiger charge is 2.09. The lowest BCUT2D eigenvalue weighted by atomic mass is 10.1. The number of aromatic nitrogens is 2. The average molecular weight is 363 g/mol. The zero-order valence-corrected chi connectivity index (χ0v) is 15.1. The highest BCUT2D eigenvalue weighted by molar-refractivity contribution is 5.91. The van der Waals surface area contributed by atoms with Gasteiger partial charge >= 0.3 is 0 Å². The number of aryl methyl sites for hydroxylation is 1. The number of amides is 1. The summed E-state index contributed by atoms with van der Waals surface area (Å²) >= 11 is 0. The lowest BCUT2D eigenvalue weighted by Crippen LogP contribution is -2.12. The van der Waals surface area contributed by atoms with E-state index in [4.69, 9.17) is 9.47 Å². The lowest BCUT2D eigenvalue weighted by Gasteiger charge is -2.13. The van der Waals surface area contributed by atoms with Crippen LogP contribution in [0.5, 0.6) is 11.5 Å². The second-order valence-electron chi connectivity index (χ2n) is 5.92. The van der Waals surface area contributed by atoms with Crippen molar-refractivity contribution in [3.8, 4) is 11.5 Å². The number of nitrogens with one attached hydrogen (secondary N) is 1. The van der Waals surface area contributed by atoms with E-state index in [-0.39, 0.29) is 5.91 Å². The second kappa shape index (κ2) is 9.33. The van der Waals surface area contributed by atoms with Crippen molar-refractivity contribution in [3.63, 3.8) is 0 Å². The number of nitrogens with zero attached hydrogens (tertiary/aromatic N) is 2. The molecule has 1 amide bonds. The maximum atomic E-state index is 12.2. The third-order valence-electron chi connectivity index (χ3n) is 3.95. The number of carbonyl (C=O) groups excluding carboxylic acids is 1. The Labute approximate surface area is 158 Å². The van der Waals surface area contributed by atoms with Gasteiger partial charge in [0.2, 0.25) is 5.91 Å². The predicted octanol–water partition coefficient (Wildman–Crippen LogP) is 3.64. The van der Waals surface area contributed by atoms with Crippen molar-refractivity contribution in [1.82, 2.24) is 9.97 Å². The molecule has 0 saturated carbocycles. The van der Waals surface area contributed by atoms with Crippen LogP contribution in [0.4, 0.5) is 5.69 Å². The lowest BCUT2D eigenvalue weighted by molar-refractivity contribution is -0.116. The van der Waals surface area contributed by atoms with Gasteiger partial charge in [-0.1, -0.05) is 6.07 Å². The van der Waals surface area contributed by atoms with Crippen LogP contribution in [0, 0.1) is 0 Å². The van der Waals surface area contributed by atoms with E-state index in [0.29, 0.717) is 36.6 Å². The maximum absolute atomic E-state index is 12.2. The van der Waals surface area contributed by atoms with Gasteiger partial charge in [-0.05, 0) is 42.3 Å². The summed E-state index contributed by atoms with van der Waals surface area (Å²) in [5.41, 5.74) is 2.69. The molecule has 27 heavy (non-hydrogen) atoms. The number of hydrogen-bond acceptors (Lipinski definition) is 5. The molecule has 3 rings (SSSR count). The van der Waals surface area contributed by atoms with Crippen molar-refractivity contribution in [2.45, 2.75) is 19.4 Å². The van der Waals surface area contributed by atoms with Crippen molar-refractivity contribution in [1.29, 1.82) is 0 Å². The Bertz CT molecular complexity index is 870. The number of pyridine rings is 2. The fourth-order valence-electron chi connectivity index (χ4n) is 2.54. The van der Waals surface area contributed by atoms with E-state index < -0.39 is 0 Å². The minimum atomic E-state index is -0.0600. The molecule has 0 aliphatic carbocycles. The monoisotopic (exact) mass is 363 g/mol. The predicted molar refractivity (Wildman–Crippen MR) is 103 cm³/mol. The Hall–Kier alpha value is -3.41. The zero-order valence-electron chi connectivity index (χ0n) is 15.1. The maximum Gasteiger partial charge on any atom is 0.224 e. The largest absolute Gasteiger partial charge is 0.493 e.